The molecule has 0 spiro atoms. The molecule has 0 bridgehead atoms. The standard InChI is InChI=1S/C15H17N7O3/c1-3-25-15(24)19-13-7-22(21-20-13)8-14(23)18-10-4-5-11-12(6-10)17-9(2)16-11/h4-7H,3,8H2,1-2H3,(H,16,17)(H,18,23)(H,19,24). The number of carbonyl (C=O) groups is 2. The van der Waals surface area contributed by atoms with Crippen molar-refractivity contribution in [1.29, 1.82) is 0 Å². The van der Waals surface area contributed by atoms with E-state index < -0.39 is 6.09 Å². The number of anilines is 2. The van der Waals surface area contributed by atoms with Crippen molar-refractivity contribution < 1.29 is 14.3 Å². The Hall–Kier alpha value is -3.43. The summed E-state index contributed by atoms with van der Waals surface area (Å²) in [6.45, 7) is 3.77. The monoisotopic (exact) mass is 343 g/mol. The number of H-pyrrole nitrogens is 1. The first kappa shape index (κ1) is 16.4. The zero-order valence-corrected chi connectivity index (χ0v) is 13.7. The first-order valence-electron chi connectivity index (χ1n) is 7.63. The molecule has 3 rings (SSSR count). The number of fused-ring (bicyclic) bond motifs is 1. The summed E-state index contributed by atoms with van der Waals surface area (Å²) in [5.41, 5.74) is 2.32. The lowest BCUT2D eigenvalue weighted by molar-refractivity contribution is -0.116. The molecule has 0 saturated heterocycles. The van der Waals surface area contributed by atoms with E-state index in [1.54, 1.807) is 13.0 Å². The first-order chi connectivity index (χ1) is 12.0. The van der Waals surface area contributed by atoms with Crippen LogP contribution >= 0.6 is 0 Å². The summed E-state index contributed by atoms with van der Waals surface area (Å²) < 4.78 is 6.05. The van der Waals surface area contributed by atoms with Gasteiger partial charge in [-0.15, -0.1) is 5.10 Å². The quantitative estimate of drug-likeness (QED) is 0.647. The highest BCUT2D eigenvalue weighted by Crippen LogP contribution is 2.17. The highest BCUT2D eigenvalue weighted by molar-refractivity contribution is 5.93. The molecule has 0 atom stereocenters. The summed E-state index contributed by atoms with van der Waals surface area (Å²) in [4.78, 5) is 30.8. The maximum Gasteiger partial charge on any atom is 0.412 e. The largest absolute Gasteiger partial charge is 0.450 e. The van der Waals surface area contributed by atoms with Crippen molar-refractivity contribution >= 4 is 34.5 Å². The van der Waals surface area contributed by atoms with Crippen LogP contribution in [0.25, 0.3) is 11.0 Å². The summed E-state index contributed by atoms with van der Waals surface area (Å²) >= 11 is 0. The molecule has 0 aliphatic carbocycles. The number of imidazole rings is 1. The van der Waals surface area contributed by atoms with Crippen LogP contribution < -0.4 is 10.6 Å². The topological polar surface area (TPSA) is 127 Å². The summed E-state index contributed by atoms with van der Waals surface area (Å²) in [6, 6.07) is 5.41. The number of nitrogens with one attached hydrogen (secondary N) is 3. The number of amides is 2. The maximum absolute atomic E-state index is 12.1. The van der Waals surface area contributed by atoms with Gasteiger partial charge in [0.1, 0.15) is 12.4 Å². The molecule has 2 heterocycles. The Morgan fingerprint density at radius 2 is 2.16 bits per heavy atom. The highest BCUT2D eigenvalue weighted by Gasteiger charge is 2.10. The van der Waals surface area contributed by atoms with Crippen LogP contribution in [0, 0.1) is 6.92 Å². The Balaban J connectivity index is 1.60. The zero-order chi connectivity index (χ0) is 17.8. The molecule has 130 valence electrons. The molecule has 0 saturated carbocycles. The lowest BCUT2D eigenvalue weighted by Crippen LogP contribution is -2.19. The molecular formula is C15H17N7O3. The summed E-state index contributed by atoms with van der Waals surface area (Å²) in [5.74, 6) is 0.742. The fourth-order valence-corrected chi connectivity index (χ4v) is 2.27. The Kier molecular flexibility index (Phi) is 4.59. The van der Waals surface area contributed by atoms with Crippen molar-refractivity contribution in [2.45, 2.75) is 20.4 Å². The van der Waals surface area contributed by atoms with Gasteiger partial charge in [-0.3, -0.25) is 10.1 Å². The molecule has 1 aromatic carbocycles. The molecule has 2 aromatic heterocycles. The molecule has 2 amide bonds. The van der Waals surface area contributed by atoms with Crippen LogP contribution in [0.1, 0.15) is 12.7 Å². The summed E-state index contributed by atoms with van der Waals surface area (Å²) in [6.07, 6.45) is 0.819. The average Bonchev–Trinajstić information content (AvgIpc) is 3.12. The van der Waals surface area contributed by atoms with Gasteiger partial charge in [0.05, 0.1) is 23.8 Å². The van der Waals surface area contributed by atoms with E-state index in [2.05, 4.69) is 30.9 Å². The number of carbonyl (C=O) groups excluding carboxylic acids is 2. The number of benzene rings is 1. The van der Waals surface area contributed by atoms with Crippen molar-refractivity contribution in [2.24, 2.45) is 0 Å². The fourth-order valence-electron chi connectivity index (χ4n) is 2.27. The van der Waals surface area contributed by atoms with Gasteiger partial charge in [0, 0.05) is 5.69 Å². The van der Waals surface area contributed by atoms with Gasteiger partial charge in [-0.05, 0) is 32.0 Å². The third kappa shape index (κ3) is 4.10. The SMILES string of the molecule is CCOC(=O)Nc1cn(CC(=O)Nc2ccc3nc(C)[nH]c3c2)nn1. The van der Waals surface area contributed by atoms with Crippen LogP contribution in [0.5, 0.6) is 0 Å². The van der Waals surface area contributed by atoms with Crippen LogP contribution in [0.15, 0.2) is 24.4 Å². The summed E-state index contributed by atoms with van der Waals surface area (Å²) in [5, 5.41) is 12.7. The van der Waals surface area contributed by atoms with Gasteiger partial charge in [0.25, 0.3) is 0 Å². The van der Waals surface area contributed by atoms with E-state index >= 15 is 0 Å². The first-order valence-corrected chi connectivity index (χ1v) is 7.63. The van der Waals surface area contributed by atoms with E-state index in [1.165, 1.54) is 10.9 Å². The molecule has 3 aromatic rings. The normalized spacial score (nSPS) is 10.6. The molecular weight excluding hydrogens is 326 g/mol. The predicted octanol–water partition coefficient (Wildman–Crippen LogP) is 1.67. The van der Waals surface area contributed by atoms with Gasteiger partial charge in [0.2, 0.25) is 5.91 Å². The molecule has 3 N–H and O–H groups in total. The van der Waals surface area contributed by atoms with Gasteiger partial charge in [-0.2, -0.15) is 0 Å². The lowest BCUT2D eigenvalue weighted by Gasteiger charge is -2.05. The zero-order valence-electron chi connectivity index (χ0n) is 13.7. The van der Waals surface area contributed by atoms with Crippen LogP contribution in [0.4, 0.5) is 16.3 Å². The number of hydrogen-bond acceptors (Lipinski definition) is 6. The van der Waals surface area contributed by atoms with Gasteiger partial charge in [-0.1, -0.05) is 5.21 Å². The van der Waals surface area contributed by atoms with Crippen molar-refractivity contribution in [3.8, 4) is 0 Å². The minimum Gasteiger partial charge on any atom is -0.450 e. The molecule has 0 fully saturated rings. The van der Waals surface area contributed by atoms with Crippen LogP contribution in [-0.2, 0) is 16.1 Å². The number of ether oxygens (including phenoxy) is 1. The van der Waals surface area contributed by atoms with Crippen molar-refractivity contribution in [3.05, 3.63) is 30.2 Å². The minimum absolute atomic E-state index is 0.0441. The number of nitrogens with zero attached hydrogens (tertiary/aromatic N) is 4. The van der Waals surface area contributed by atoms with Crippen LogP contribution in [-0.4, -0.2) is 43.6 Å². The van der Waals surface area contributed by atoms with Gasteiger partial charge < -0.3 is 15.0 Å². The smallest absolute Gasteiger partial charge is 0.412 e. The maximum atomic E-state index is 12.1. The Morgan fingerprint density at radius 3 is 2.96 bits per heavy atom. The second-order valence-corrected chi connectivity index (χ2v) is 5.25. The average molecular weight is 343 g/mol. The Labute approximate surface area is 142 Å². The van der Waals surface area contributed by atoms with E-state index in [0.717, 1.165) is 16.9 Å². The molecule has 10 heteroatoms. The van der Waals surface area contributed by atoms with Crippen molar-refractivity contribution in [2.75, 3.05) is 17.2 Å². The van der Waals surface area contributed by atoms with Crippen molar-refractivity contribution in [3.63, 3.8) is 0 Å². The van der Waals surface area contributed by atoms with E-state index in [1.807, 2.05) is 19.1 Å². The molecule has 0 radical (unpaired) electrons. The molecule has 0 unspecified atom stereocenters. The van der Waals surface area contributed by atoms with Crippen LogP contribution in [0.3, 0.4) is 0 Å². The number of aryl methyl sites for hydroxylation is 1. The number of hydrogen-bond donors (Lipinski definition) is 3. The van der Waals surface area contributed by atoms with Gasteiger partial charge >= 0.3 is 6.09 Å². The molecule has 25 heavy (non-hydrogen) atoms. The van der Waals surface area contributed by atoms with E-state index in [9.17, 15) is 9.59 Å². The third-order valence-corrected chi connectivity index (χ3v) is 3.23. The molecule has 0 aliphatic rings. The lowest BCUT2D eigenvalue weighted by atomic mass is 10.3. The van der Waals surface area contributed by atoms with Gasteiger partial charge in [-0.25, -0.2) is 14.5 Å². The highest BCUT2D eigenvalue weighted by atomic mass is 16.5. The van der Waals surface area contributed by atoms with Gasteiger partial charge in [0.15, 0.2) is 5.82 Å². The number of aromatic amines is 1. The van der Waals surface area contributed by atoms with E-state index in [-0.39, 0.29) is 24.9 Å². The molecule has 10 nitrogen and oxygen atoms in total. The van der Waals surface area contributed by atoms with E-state index in [4.69, 9.17) is 4.74 Å². The van der Waals surface area contributed by atoms with Crippen molar-refractivity contribution in [1.82, 2.24) is 25.0 Å². The number of rotatable bonds is 5. The van der Waals surface area contributed by atoms with Crippen LogP contribution in [0.2, 0.25) is 0 Å². The second-order valence-electron chi connectivity index (χ2n) is 5.25. The van der Waals surface area contributed by atoms with E-state index in [0.29, 0.717) is 5.69 Å². The Bertz CT molecular complexity index is 915. The second kappa shape index (κ2) is 6.99. The fraction of sp³-hybridized carbons (Fsp3) is 0.267. The summed E-state index contributed by atoms with van der Waals surface area (Å²) in [7, 11) is 0. The Morgan fingerprint density at radius 1 is 1.32 bits per heavy atom. The third-order valence-electron chi connectivity index (χ3n) is 3.23. The predicted molar refractivity (Wildman–Crippen MR) is 90.1 cm³/mol. The number of aromatic nitrogens is 5. The molecule has 0 aliphatic heterocycles. The minimum atomic E-state index is -0.623.